The largest absolute Gasteiger partial charge is 0.506 e. The summed E-state index contributed by atoms with van der Waals surface area (Å²) in [7, 11) is 0. The lowest BCUT2D eigenvalue weighted by Gasteiger charge is -2.23. The number of ether oxygens (including phenoxy) is 1. The van der Waals surface area contributed by atoms with Crippen molar-refractivity contribution >= 4 is 23.5 Å². The highest BCUT2D eigenvalue weighted by molar-refractivity contribution is 7.09. The number of nitrogens with one attached hydrogen (secondary N) is 1. The summed E-state index contributed by atoms with van der Waals surface area (Å²) in [5.74, 6) is -1.53. The highest BCUT2D eigenvalue weighted by atomic mass is 32.1. The lowest BCUT2D eigenvalue weighted by Crippen LogP contribution is -2.37. The predicted octanol–water partition coefficient (Wildman–Crippen LogP) is 1.08. The summed E-state index contributed by atoms with van der Waals surface area (Å²) in [6.45, 7) is -0.498. The molecule has 12 heteroatoms. The molecule has 28 heavy (non-hydrogen) atoms. The number of nitrogens with zero attached hydrogens (tertiary/aromatic N) is 2. The van der Waals surface area contributed by atoms with Crippen LogP contribution in [0.1, 0.15) is 32.3 Å². The van der Waals surface area contributed by atoms with Gasteiger partial charge in [-0.05, 0) is 0 Å². The molecule has 0 radical (unpaired) electrons. The van der Waals surface area contributed by atoms with Crippen molar-refractivity contribution in [1.82, 2.24) is 14.9 Å². The second-order valence-electron chi connectivity index (χ2n) is 5.86. The van der Waals surface area contributed by atoms with E-state index in [0.29, 0.717) is 23.3 Å². The Morgan fingerprint density at radius 3 is 2.86 bits per heavy atom. The van der Waals surface area contributed by atoms with Crippen molar-refractivity contribution in [3.8, 4) is 5.75 Å². The van der Waals surface area contributed by atoms with E-state index in [9.17, 15) is 32.7 Å². The Morgan fingerprint density at radius 2 is 2.21 bits per heavy atom. The van der Waals surface area contributed by atoms with Gasteiger partial charge in [0.25, 0.3) is 11.5 Å². The summed E-state index contributed by atoms with van der Waals surface area (Å²) >= 11 is 0.400. The average molecular weight is 417 g/mol. The Labute approximate surface area is 159 Å². The first-order valence-electron chi connectivity index (χ1n) is 8.02. The van der Waals surface area contributed by atoms with Gasteiger partial charge in [0.05, 0.1) is 32.0 Å². The highest BCUT2D eigenvalue weighted by Gasteiger charge is 2.35. The van der Waals surface area contributed by atoms with E-state index in [2.05, 4.69) is 10.3 Å². The van der Waals surface area contributed by atoms with E-state index in [1.165, 1.54) is 5.38 Å². The zero-order valence-corrected chi connectivity index (χ0v) is 15.0. The fourth-order valence-electron chi connectivity index (χ4n) is 2.86. The summed E-state index contributed by atoms with van der Waals surface area (Å²) in [5.41, 5.74) is -0.922. The first-order valence-corrected chi connectivity index (χ1v) is 8.90. The number of aromatic hydroxyl groups is 1. The first kappa shape index (κ1) is 20.0. The van der Waals surface area contributed by atoms with Gasteiger partial charge in [-0.3, -0.25) is 9.59 Å². The monoisotopic (exact) mass is 417 g/mol. The van der Waals surface area contributed by atoms with Crippen molar-refractivity contribution in [3.63, 3.8) is 0 Å². The van der Waals surface area contributed by atoms with Crippen molar-refractivity contribution in [2.45, 2.75) is 25.7 Å². The third kappa shape index (κ3) is 3.78. The normalized spacial score (nSPS) is 13.8. The fraction of sp³-hybridized carbons (Fsp3) is 0.375. The number of carbonyl (C=O) groups is 2. The Kier molecular flexibility index (Phi) is 5.52. The molecule has 0 unspecified atom stereocenters. The molecule has 2 N–H and O–H groups in total. The third-order valence-corrected chi connectivity index (χ3v) is 5.01. The molecule has 2 aromatic heterocycles. The number of hydrogen-bond donors (Lipinski definition) is 2. The molecule has 0 spiro atoms. The van der Waals surface area contributed by atoms with Crippen LogP contribution in [0.15, 0.2) is 10.2 Å². The molecule has 1 aliphatic heterocycles. The first-order chi connectivity index (χ1) is 13.2. The van der Waals surface area contributed by atoms with Gasteiger partial charge in [0, 0.05) is 23.1 Å². The van der Waals surface area contributed by atoms with E-state index in [1.807, 2.05) is 0 Å². The maximum Gasteiger partial charge on any atom is 0.443 e. The van der Waals surface area contributed by atoms with Crippen LogP contribution in [0.25, 0.3) is 0 Å². The van der Waals surface area contributed by atoms with Gasteiger partial charge in [-0.2, -0.15) is 13.2 Å². The van der Waals surface area contributed by atoms with Gasteiger partial charge in [-0.25, -0.2) is 4.98 Å². The SMILES string of the molecule is O=CCNC(=O)c1c(O)c2c(n(Cc3csc(C(F)(F)F)n3)c1=O)CCOC2. The van der Waals surface area contributed by atoms with Gasteiger partial charge in [0.15, 0.2) is 5.01 Å². The molecule has 0 atom stereocenters. The van der Waals surface area contributed by atoms with Crippen molar-refractivity contribution < 1.29 is 32.6 Å². The fourth-order valence-corrected chi connectivity index (χ4v) is 3.53. The molecule has 1 amide bonds. The number of hydrogen-bond acceptors (Lipinski definition) is 7. The lowest BCUT2D eigenvalue weighted by molar-refractivity contribution is -0.137. The van der Waals surface area contributed by atoms with Crippen LogP contribution in [-0.2, 0) is 35.3 Å². The molecule has 3 rings (SSSR count). The number of amides is 1. The van der Waals surface area contributed by atoms with Crippen LogP contribution in [0.4, 0.5) is 13.2 Å². The summed E-state index contributed by atoms with van der Waals surface area (Å²) in [6.07, 6.45) is -3.97. The number of aldehydes is 1. The minimum absolute atomic E-state index is 0.00180. The molecule has 1 aliphatic rings. The van der Waals surface area contributed by atoms with Crippen LogP contribution in [-0.4, -0.2) is 40.0 Å². The second kappa shape index (κ2) is 7.72. The zero-order chi connectivity index (χ0) is 20.5. The zero-order valence-electron chi connectivity index (χ0n) is 14.2. The van der Waals surface area contributed by atoms with Gasteiger partial charge in [-0.15, -0.1) is 11.3 Å². The predicted molar refractivity (Wildman–Crippen MR) is 90.3 cm³/mol. The topological polar surface area (TPSA) is 111 Å². The molecule has 150 valence electrons. The van der Waals surface area contributed by atoms with Crippen molar-refractivity contribution in [3.05, 3.63) is 43.3 Å². The Hall–Kier alpha value is -2.73. The van der Waals surface area contributed by atoms with Gasteiger partial charge < -0.3 is 24.5 Å². The average Bonchev–Trinajstić information content (AvgIpc) is 3.13. The molecule has 0 bridgehead atoms. The summed E-state index contributed by atoms with van der Waals surface area (Å²) < 4.78 is 44.7. The quantitative estimate of drug-likeness (QED) is 0.705. The van der Waals surface area contributed by atoms with Crippen LogP contribution in [0.2, 0.25) is 0 Å². The molecule has 2 aromatic rings. The van der Waals surface area contributed by atoms with E-state index in [4.69, 9.17) is 4.74 Å². The van der Waals surface area contributed by atoms with Crippen LogP contribution in [0.5, 0.6) is 5.75 Å². The Balaban J connectivity index is 2.09. The van der Waals surface area contributed by atoms with Gasteiger partial charge in [0.2, 0.25) is 0 Å². The number of carbonyl (C=O) groups excluding carboxylic acids is 2. The molecule has 0 aromatic carbocycles. The van der Waals surface area contributed by atoms with E-state index in [0.717, 1.165) is 4.57 Å². The number of fused-ring (bicyclic) bond motifs is 1. The van der Waals surface area contributed by atoms with E-state index in [1.54, 1.807) is 0 Å². The van der Waals surface area contributed by atoms with Crippen LogP contribution in [0.3, 0.4) is 0 Å². The maximum absolute atomic E-state index is 12.8. The number of thiazole rings is 1. The van der Waals surface area contributed by atoms with Crippen LogP contribution >= 0.6 is 11.3 Å². The molecule has 3 heterocycles. The van der Waals surface area contributed by atoms with Gasteiger partial charge >= 0.3 is 6.18 Å². The number of alkyl halides is 3. The van der Waals surface area contributed by atoms with E-state index >= 15 is 0 Å². The minimum Gasteiger partial charge on any atom is -0.506 e. The van der Waals surface area contributed by atoms with Crippen LogP contribution < -0.4 is 10.9 Å². The van der Waals surface area contributed by atoms with E-state index < -0.39 is 34.0 Å². The number of aromatic nitrogens is 2. The van der Waals surface area contributed by atoms with Crippen LogP contribution in [0, 0.1) is 0 Å². The van der Waals surface area contributed by atoms with E-state index in [-0.39, 0.29) is 44.0 Å². The molecule has 0 saturated heterocycles. The van der Waals surface area contributed by atoms with Crippen molar-refractivity contribution in [2.24, 2.45) is 0 Å². The minimum atomic E-state index is -4.60. The smallest absolute Gasteiger partial charge is 0.443 e. The number of halogens is 3. The molecule has 0 saturated carbocycles. The summed E-state index contributed by atoms with van der Waals surface area (Å²) in [6, 6.07) is 0. The third-order valence-electron chi connectivity index (χ3n) is 4.07. The summed E-state index contributed by atoms with van der Waals surface area (Å²) in [4.78, 5) is 39.0. The van der Waals surface area contributed by atoms with Crippen molar-refractivity contribution in [1.29, 1.82) is 0 Å². The maximum atomic E-state index is 12.8. The standard InChI is InChI=1S/C16H14F3N3O5S/c17-16(18,19)15-21-8(7-28-15)5-22-10-1-4-27-6-9(10)12(24)11(14(22)26)13(25)20-2-3-23/h3,7,24H,1-2,4-6H2,(H,20,25). The van der Waals surface area contributed by atoms with Crippen molar-refractivity contribution in [2.75, 3.05) is 13.2 Å². The Morgan fingerprint density at radius 1 is 1.46 bits per heavy atom. The number of pyridine rings is 1. The lowest BCUT2D eigenvalue weighted by atomic mass is 10.0. The molecular formula is C16H14F3N3O5S. The van der Waals surface area contributed by atoms with Gasteiger partial charge in [0.1, 0.15) is 17.6 Å². The molecular weight excluding hydrogens is 403 g/mol. The summed E-state index contributed by atoms with van der Waals surface area (Å²) in [5, 5.41) is 12.7. The molecule has 8 nitrogen and oxygen atoms in total. The highest BCUT2D eigenvalue weighted by Crippen LogP contribution is 2.32. The number of rotatable bonds is 5. The molecule has 0 fully saturated rings. The Bertz CT molecular complexity index is 983. The molecule has 0 aliphatic carbocycles. The van der Waals surface area contributed by atoms with Gasteiger partial charge in [-0.1, -0.05) is 0 Å². The second-order valence-corrected chi connectivity index (χ2v) is 6.72.